The Morgan fingerprint density at radius 1 is 1.00 bits per heavy atom. The molecule has 1 amide bonds. The lowest BCUT2D eigenvalue weighted by Gasteiger charge is -2.35. The van der Waals surface area contributed by atoms with Crippen molar-refractivity contribution in [1.29, 1.82) is 0 Å². The van der Waals surface area contributed by atoms with Crippen molar-refractivity contribution in [2.24, 2.45) is 0 Å². The number of halogens is 4. The van der Waals surface area contributed by atoms with Crippen LogP contribution in [0.5, 0.6) is 0 Å². The van der Waals surface area contributed by atoms with Crippen LogP contribution < -0.4 is 10.6 Å². The van der Waals surface area contributed by atoms with E-state index < -0.39 is 35.2 Å². The number of nitrogens with one attached hydrogen (secondary N) is 2. The van der Waals surface area contributed by atoms with E-state index in [0.29, 0.717) is 0 Å². The Morgan fingerprint density at radius 3 is 2.15 bits per heavy atom. The summed E-state index contributed by atoms with van der Waals surface area (Å²) < 4.78 is 60.3. The maximum absolute atomic E-state index is 13.9. The number of rotatable bonds is 6. The Hall–Kier alpha value is -3.10. The molecule has 0 aliphatic heterocycles. The SMILES string of the molecule is CCOC(=O)C(NC(=O)c1ccccc1)(Nc1ccccc1F)C(F)(F)F. The minimum atomic E-state index is -5.34. The van der Waals surface area contributed by atoms with Crippen LogP contribution in [0.25, 0.3) is 0 Å². The molecule has 0 saturated carbocycles. The van der Waals surface area contributed by atoms with E-state index in [0.717, 1.165) is 12.1 Å². The maximum Gasteiger partial charge on any atom is 0.441 e. The van der Waals surface area contributed by atoms with Crippen LogP contribution in [0.2, 0.25) is 0 Å². The summed E-state index contributed by atoms with van der Waals surface area (Å²) in [6.45, 7) is 0.929. The third-order valence-electron chi connectivity index (χ3n) is 3.54. The lowest BCUT2D eigenvalue weighted by atomic mass is 10.1. The highest BCUT2D eigenvalue weighted by molar-refractivity contribution is 5.99. The third-order valence-corrected chi connectivity index (χ3v) is 3.54. The van der Waals surface area contributed by atoms with E-state index in [9.17, 15) is 27.2 Å². The number of benzene rings is 2. The Morgan fingerprint density at radius 2 is 1.59 bits per heavy atom. The van der Waals surface area contributed by atoms with Crippen molar-refractivity contribution in [3.05, 3.63) is 66.0 Å². The van der Waals surface area contributed by atoms with Crippen LogP contribution >= 0.6 is 0 Å². The van der Waals surface area contributed by atoms with Crippen LogP contribution in [0.15, 0.2) is 54.6 Å². The topological polar surface area (TPSA) is 67.4 Å². The van der Waals surface area contributed by atoms with Crippen LogP contribution in [-0.4, -0.2) is 30.3 Å². The number of para-hydroxylation sites is 1. The van der Waals surface area contributed by atoms with Crippen LogP contribution in [0.4, 0.5) is 23.2 Å². The van der Waals surface area contributed by atoms with E-state index in [4.69, 9.17) is 0 Å². The van der Waals surface area contributed by atoms with Crippen LogP contribution in [0.1, 0.15) is 17.3 Å². The third kappa shape index (κ3) is 4.36. The Labute approximate surface area is 152 Å². The van der Waals surface area contributed by atoms with E-state index in [1.54, 1.807) is 16.7 Å². The molecule has 2 aromatic carbocycles. The van der Waals surface area contributed by atoms with E-state index in [-0.39, 0.29) is 12.2 Å². The standard InChI is InChI=1S/C18H16F4N2O3/c1-2-27-16(26)17(18(20,21)22,23-14-11-7-6-10-13(14)19)24-15(25)12-8-4-3-5-9-12/h3-11,23H,2H2,1H3,(H,24,25). The molecule has 9 heteroatoms. The molecule has 0 heterocycles. The molecule has 0 saturated heterocycles. The first-order valence-corrected chi connectivity index (χ1v) is 7.85. The summed E-state index contributed by atoms with van der Waals surface area (Å²) in [5, 5.41) is 3.41. The van der Waals surface area contributed by atoms with E-state index in [1.165, 1.54) is 43.3 Å². The molecule has 144 valence electrons. The number of alkyl halides is 3. The van der Waals surface area contributed by atoms with Crippen molar-refractivity contribution in [1.82, 2.24) is 5.32 Å². The Balaban J connectivity index is 2.52. The van der Waals surface area contributed by atoms with Gasteiger partial charge in [0.05, 0.1) is 12.3 Å². The number of hydrogen-bond donors (Lipinski definition) is 2. The number of esters is 1. The van der Waals surface area contributed by atoms with E-state index >= 15 is 0 Å². The van der Waals surface area contributed by atoms with Crippen molar-refractivity contribution in [3.8, 4) is 0 Å². The van der Waals surface area contributed by atoms with Crippen molar-refractivity contribution in [2.45, 2.75) is 18.8 Å². The van der Waals surface area contributed by atoms with Gasteiger partial charge in [0, 0.05) is 5.56 Å². The van der Waals surface area contributed by atoms with Crippen molar-refractivity contribution >= 4 is 17.6 Å². The summed E-state index contributed by atoms with van der Waals surface area (Å²) in [6.07, 6.45) is -5.34. The zero-order valence-corrected chi connectivity index (χ0v) is 14.1. The van der Waals surface area contributed by atoms with Gasteiger partial charge in [-0.3, -0.25) is 4.79 Å². The quantitative estimate of drug-likeness (QED) is 0.455. The first kappa shape index (κ1) is 20.2. The number of anilines is 1. The fourth-order valence-electron chi connectivity index (χ4n) is 2.23. The average Bonchev–Trinajstić information content (AvgIpc) is 2.62. The fraction of sp³-hybridized carbons (Fsp3) is 0.222. The predicted octanol–water partition coefficient (Wildman–Crippen LogP) is 3.49. The molecular formula is C18H16F4N2O3. The fourth-order valence-corrected chi connectivity index (χ4v) is 2.23. The number of amides is 1. The van der Waals surface area contributed by atoms with Gasteiger partial charge >= 0.3 is 17.8 Å². The highest BCUT2D eigenvalue weighted by atomic mass is 19.4. The zero-order valence-electron chi connectivity index (χ0n) is 14.1. The first-order chi connectivity index (χ1) is 12.7. The van der Waals surface area contributed by atoms with Crippen LogP contribution in [0, 0.1) is 5.82 Å². The predicted molar refractivity (Wildman–Crippen MR) is 89.3 cm³/mol. The van der Waals surface area contributed by atoms with E-state index in [1.807, 2.05) is 0 Å². The van der Waals surface area contributed by atoms with Crippen LogP contribution in [-0.2, 0) is 9.53 Å². The molecule has 1 unspecified atom stereocenters. The molecule has 27 heavy (non-hydrogen) atoms. The van der Waals surface area contributed by atoms with Gasteiger partial charge in [0.1, 0.15) is 5.82 Å². The second kappa shape index (κ2) is 8.07. The minimum absolute atomic E-state index is 0.120. The molecule has 2 rings (SSSR count). The molecule has 0 aliphatic carbocycles. The molecule has 0 radical (unpaired) electrons. The van der Waals surface area contributed by atoms with Crippen molar-refractivity contribution < 1.29 is 31.9 Å². The first-order valence-electron chi connectivity index (χ1n) is 7.85. The molecule has 5 nitrogen and oxygen atoms in total. The largest absolute Gasteiger partial charge is 0.463 e. The smallest absolute Gasteiger partial charge is 0.441 e. The number of ether oxygens (including phenoxy) is 1. The molecule has 0 aromatic heterocycles. The average molecular weight is 384 g/mol. The van der Waals surface area contributed by atoms with Gasteiger partial charge in [0.15, 0.2) is 0 Å². The Kier molecular flexibility index (Phi) is 6.04. The molecule has 2 N–H and O–H groups in total. The van der Waals surface area contributed by atoms with Crippen molar-refractivity contribution in [2.75, 3.05) is 11.9 Å². The van der Waals surface area contributed by atoms with Gasteiger partial charge < -0.3 is 15.4 Å². The van der Waals surface area contributed by atoms with Gasteiger partial charge in [0.2, 0.25) is 0 Å². The second-order valence-electron chi connectivity index (χ2n) is 5.39. The minimum Gasteiger partial charge on any atom is -0.463 e. The van der Waals surface area contributed by atoms with Gasteiger partial charge in [-0.05, 0) is 31.2 Å². The number of hydrogen-bond acceptors (Lipinski definition) is 4. The number of carbonyl (C=O) groups excluding carboxylic acids is 2. The number of carbonyl (C=O) groups is 2. The molecule has 2 aromatic rings. The van der Waals surface area contributed by atoms with E-state index in [2.05, 4.69) is 4.74 Å². The molecule has 0 fully saturated rings. The highest BCUT2D eigenvalue weighted by Crippen LogP contribution is 2.34. The molecular weight excluding hydrogens is 368 g/mol. The van der Waals surface area contributed by atoms with Crippen molar-refractivity contribution in [3.63, 3.8) is 0 Å². The van der Waals surface area contributed by atoms with Crippen LogP contribution in [0.3, 0.4) is 0 Å². The maximum atomic E-state index is 13.9. The molecule has 0 bridgehead atoms. The normalized spacial score (nSPS) is 13.4. The monoisotopic (exact) mass is 384 g/mol. The van der Waals surface area contributed by atoms with Gasteiger partial charge in [-0.1, -0.05) is 30.3 Å². The Bertz CT molecular complexity index is 812. The highest BCUT2D eigenvalue weighted by Gasteiger charge is 2.63. The summed E-state index contributed by atoms with van der Waals surface area (Å²) in [7, 11) is 0. The zero-order chi connectivity index (χ0) is 20.1. The summed E-state index contributed by atoms with van der Waals surface area (Å²) >= 11 is 0. The molecule has 0 spiro atoms. The second-order valence-corrected chi connectivity index (χ2v) is 5.39. The molecule has 1 atom stereocenters. The summed E-state index contributed by atoms with van der Waals surface area (Å²) in [5.74, 6) is -4.04. The van der Waals surface area contributed by atoms with Gasteiger partial charge in [-0.25, -0.2) is 9.18 Å². The lowest BCUT2D eigenvalue weighted by Crippen LogP contribution is -2.69. The van der Waals surface area contributed by atoms with Gasteiger partial charge in [-0.2, -0.15) is 13.2 Å². The lowest BCUT2D eigenvalue weighted by molar-refractivity contribution is -0.204. The summed E-state index contributed by atoms with van der Waals surface area (Å²) in [5.41, 5.74) is -4.43. The van der Waals surface area contributed by atoms with Gasteiger partial charge in [-0.15, -0.1) is 0 Å². The van der Waals surface area contributed by atoms with Gasteiger partial charge in [0.25, 0.3) is 5.91 Å². The summed E-state index contributed by atoms with van der Waals surface area (Å²) in [6, 6.07) is 11.4. The summed E-state index contributed by atoms with van der Waals surface area (Å²) in [4.78, 5) is 24.6. The molecule has 0 aliphatic rings.